The zero-order valence-corrected chi connectivity index (χ0v) is 17.8. The van der Waals surface area contributed by atoms with Crippen LogP contribution in [0.25, 0.3) is 27.7 Å². The van der Waals surface area contributed by atoms with Crippen LogP contribution in [0.4, 0.5) is 23.5 Å². The number of nitrogens with zero attached hydrogens (tertiary/aromatic N) is 6. The average Bonchev–Trinajstić information content (AvgIpc) is 3.42. The van der Waals surface area contributed by atoms with Gasteiger partial charge < -0.3 is 14.6 Å². The highest BCUT2D eigenvalue weighted by molar-refractivity contribution is 5.89. The summed E-state index contributed by atoms with van der Waals surface area (Å²) in [5.74, 6) is -2.70. The van der Waals surface area contributed by atoms with Crippen molar-refractivity contribution in [3.63, 3.8) is 0 Å². The summed E-state index contributed by atoms with van der Waals surface area (Å²) in [5, 5.41) is 7.07. The fourth-order valence-electron chi connectivity index (χ4n) is 4.23. The molecule has 33 heavy (non-hydrogen) atoms. The first-order valence-electron chi connectivity index (χ1n) is 10.2. The lowest BCUT2D eigenvalue weighted by Gasteiger charge is -2.19. The van der Waals surface area contributed by atoms with E-state index in [9.17, 15) is 17.6 Å². The molecule has 0 saturated carbocycles. The molecular formula is C21H21F4N7O. The molecular weight excluding hydrogens is 442 g/mol. The van der Waals surface area contributed by atoms with Gasteiger partial charge in [0.1, 0.15) is 11.6 Å². The summed E-state index contributed by atoms with van der Waals surface area (Å²) in [4.78, 5) is 10.0. The molecule has 1 aromatic carbocycles. The summed E-state index contributed by atoms with van der Waals surface area (Å²) in [6.45, 7) is -0.652. The van der Waals surface area contributed by atoms with Crippen LogP contribution in [0.3, 0.4) is 0 Å². The predicted octanol–water partition coefficient (Wildman–Crippen LogP) is 3.38. The van der Waals surface area contributed by atoms with Gasteiger partial charge in [-0.1, -0.05) is 6.07 Å². The topological polar surface area (TPSA) is 72.5 Å². The minimum Gasteiger partial charge on any atom is -0.479 e. The lowest BCUT2D eigenvalue weighted by atomic mass is 10.1. The molecule has 1 atom stereocenters. The number of rotatable bonds is 6. The zero-order chi connectivity index (χ0) is 23.3. The van der Waals surface area contributed by atoms with Crippen molar-refractivity contribution in [1.29, 1.82) is 0 Å². The minimum atomic E-state index is -2.92. The number of nitrogens with one attached hydrogen (secondary N) is 1. The van der Waals surface area contributed by atoms with Crippen molar-refractivity contribution >= 4 is 22.5 Å². The number of imidazole rings is 1. The Hall–Kier alpha value is -3.41. The highest BCUT2D eigenvalue weighted by Gasteiger charge is 2.47. The van der Waals surface area contributed by atoms with Gasteiger partial charge in [0.15, 0.2) is 0 Å². The van der Waals surface area contributed by atoms with Crippen LogP contribution >= 0.6 is 0 Å². The summed E-state index contributed by atoms with van der Waals surface area (Å²) >= 11 is 0. The van der Waals surface area contributed by atoms with E-state index in [1.807, 2.05) is 6.07 Å². The molecule has 0 amide bonds. The van der Waals surface area contributed by atoms with Gasteiger partial charge in [-0.25, -0.2) is 27.1 Å². The summed E-state index contributed by atoms with van der Waals surface area (Å²) in [6, 6.07) is 5.98. The number of aromatic nitrogens is 5. The van der Waals surface area contributed by atoms with E-state index >= 15 is 0 Å². The SMILES string of the molecule is COc1nc(NC2CN(C)CC2(F)F)nn2ccc(-c3ccc4ncn(CC(F)F)c4c3)c12. The van der Waals surface area contributed by atoms with Crippen LogP contribution in [0.1, 0.15) is 0 Å². The Morgan fingerprint density at radius 2 is 2.09 bits per heavy atom. The maximum Gasteiger partial charge on any atom is 0.281 e. The van der Waals surface area contributed by atoms with Gasteiger partial charge in [0.25, 0.3) is 12.3 Å². The van der Waals surface area contributed by atoms with Crippen molar-refractivity contribution in [2.75, 3.05) is 32.6 Å². The number of fused-ring (bicyclic) bond motifs is 2. The van der Waals surface area contributed by atoms with Gasteiger partial charge >= 0.3 is 0 Å². The van der Waals surface area contributed by atoms with E-state index in [4.69, 9.17) is 4.74 Å². The van der Waals surface area contributed by atoms with Crippen LogP contribution in [0.2, 0.25) is 0 Å². The number of likely N-dealkylation sites (N-methyl/N-ethyl adjacent to an activating group) is 1. The molecule has 4 heterocycles. The van der Waals surface area contributed by atoms with Gasteiger partial charge in [-0.05, 0) is 30.8 Å². The highest BCUT2D eigenvalue weighted by Crippen LogP contribution is 2.34. The van der Waals surface area contributed by atoms with Crippen molar-refractivity contribution in [3.05, 3.63) is 36.8 Å². The van der Waals surface area contributed by atoms with Gasteiger partial charge in [-0.2, -0.15) is 4.98 Å². The zero-order valence-electron chi connectivity index (χ0n) is 17.8. The second-order valence-corrected chi connectivity index (χ2v) is 8.11. The lowest BCUT2D eigenvalue weighted by molar-refractivity contribution is 0.00582. The van der Waals surface area contributed by atoms with Crippen molar-refractivity contribution < 1.29 is 22.3 Å². The molecule has 0 radical (unpaired) electrons. The van der Waals surface area contributed by atoms with Crippen LogP contribution in [-0.4, -0.2) is 74.7 Å². The average molecular weight is 463 g/mol. The van der Waals surface area contributed by atoms with Gasteiger partial charge in [-0.3, -0.25) is 4.90 Å². The summed E-state index contributed by atoms with van der Waals surface area (Å²) in [5.41, 5.74) is 3.12. The Bertz CT molecular complexity index is 1320. The monoisotopic (exact) mass is 463 g/mol. The Morgan fingerprint density at radius 1 is 1.27 bits per heavy atom. The molecule has 174 valence electrons. The number of ether oxygens (including phenoxy) is 1. The summed E-state index contributed by atoms with van der Waals surface area (Å²) in [7, 11) is 3.06. The number of anilines is 1. The van der Waals surface area contributed by atoms with E-state index in [0.29, 0.717) is 22.1 Å². The first kappa shape index (κ1) is 21.4. The molecule has 8 nitrogen and oxygen atoms in total. The van der Waals surface area contributed by atoms with Crippen LogP contribution in [0.15, 0.2) is 36.8 Å². The third kappa shape index (κ3) is 3.84. The number of alkyl halides is 4. The Balaban J connectivity index is 1.54. The number of likely N-dealkylation sites (tertiary alicyclic amines) is 1. The number of hydrogen-bond donors (Lipinski definition) is 1. The molecule has 1 saturated heterocycles. The van der Waals surface area contributed by atoms with E-state index < -0.39 is 24.9 Å². The molecule has 1 unspecified atom stereocenters. The fraction of sp³-hybridized carbons (Fsp3) is 0.381. The van der Waals surface area contributed by atoms with Gasteiger partial charge in [0.05, 0.1) is 37.6 Å². The standard InChI is InChI=1S/C21H21F4N7O/c1-30-8-16(21(24,25)10-30)27-20-28-19(33-2)18-13(5-6-32(18)29-20)12-3-4-14-15(7-12)31(11-26-14)9-17(22)23/h3-7,11,16-17H,8-10H2,1-2H3,(H,27,29). The largest absolute Gasteiger partial charge is 0.479 e. The van der Waals surface area contributed by atoms with Crippen LogP contribution in [0.5, 0.6) is 5.88 Å². The van der Waals surface area contributed by atoms with Crippen molar-refractivity contribution in [2.45, 2.75) is 24.9 Å². The Morgan fingerprint density at radius 3 is 2.79 bits per heavy atom. The van der Waals surface area contributed by atoms with E-state index in [1.54, 1.807) is 31.4 Å². The molecule has 5 rings (SSSR count). The predicted molar refractivity (Wildman–Crippen MR) is 114 cm³/mol. The molecule has 1 aliphatic rings. The van der Waals surface area contributed by atoms with E-state index in [1.165, 1.54) is 27.4 Å². The molecule has 1 N–H and O–H groups in total. The number of hydrogen-bond acceptors (Lipinski definition) is 6. The second-order valence-electron chi connectivity index (χ2n) is 8.11. The first-order valence-corrected chi connectivity index (χ1v) is 10.2. The molecule has 1 fully saturated rings. The quantitative estimate of drug-likeness (QED) is 0.442. The van der Waals surface area contributed by atoms with Crippen molar-refractivity contribution in [2.24, 2.45) is 0 Å². The fourth-order valence-corrected chi connectivity index (χ4v) is 4.23. The maximum atomic E-state index is 14.2. The molecule has 1 aliphatic heterocycles. The molecule has 0 bridgehead atoms. The third-order valence-electron chi connectivity index (χ3n) is 5.73. The molecule has 12 heteroatoms. The van der Waals surface area contributed by atoms with Gasteiger partial charge in [-0.15, -0.1) is 5.10 Å². The summed E-state index contributed by atoms with van der Waals surface area (Å²) < 4.78 is 62.6. The Kier molecular flexibility index (Phi) is 5.11. The first-order chi connectivity index (χ1) is 15.7. The van der Waals surface area contributed by atoms with E-state index in [-0.39, 0.29) is 24.9 Å². The van der Waals surface area contributed by atoms with Crippen LogP contribution in [0, 0.1) is 0 Å². The smallest absolute Gasteiger partial charge is 0.281 e. The van der Waals surface area contributed by atoms with Crippen molar-refractivity contribution in [3.8, 4) is 17.0 Å². The minimum absolute atomic E-state index is 0.0203. The maximum absolute atomic E-state index is 14.2. The second kappa shape index (κ2) is 7.87. The van der Waals surface area contributed by atoms with Crippen LogP contribution in [-0.2, 0) is 6.54 Å². The van der Waals surface area contributed by atoms with E-state index in [0.717, 1.165) is 5.56 Å². The third-order valence-corrected chi connectivity index (χ3v) is 5.73. The lowest BCUT2D eigenvalue weighted by Crippen LogP contribution is -2.38. The van der Waals surface area contributed by atoms with E-state index in [2.05, 4.69) is 20.4 Å². The van der Waals surface area contributed by atoms with Gasteiger partial charge in [0, 0.05) is 18.3 Å². The Labute approximate surface area is 185 Å². The number of methoxy groups -OCH3 is 1. The molecule has 4 aromatic rings. The molecule has 3 aromatic heterocycles. The summed E-state index contributed by atoms with van der Waals surface area (Å²) in [6.07, 6.45) is 0.545. The van der Waals surface area contributed by atoms with Crippen molar-refractivity contribution in [1.82, 2.24) is 29.0 Å². The van der Waals surface area contributed by atoms with Crippen LogP contribution < -0.4 is 10.1 Å². The highest BCUT2D eigenvalue weighted by atomic mass is 19.3. The number of benzene rings is 1. The normalized spacial score (nSPS) is 18.6. The molecule has 0 aliphatic carbocycles. The number of halogens is 4. The van der Waals surface area contributed by atoms with Gasteiger partial charge in [0.2, 0.25) is 11.8 Å². The molecule has 0 spiro atoms.